The molecule has 0 unspecified atom stereocenters. The van der Waals surface area contributed by atoms with Crippen LogP contribution < -0.4 is 5.69 Å². The zero-order valence-corrected chi connectivity index (χ0v) is 12.1. The van der Waals surface area contributed by atoms with Gasteiger partial charge in [-0.2, -0.15) is 13.2 Å². The number of hydrogen-bond donors (Lipinski definition) is 0. The molecule has 0 radical (unpaired) electrons. The van der Waals surface area contributed by atoms with Gasteiger partial charge in [-0.25, -0.2) is 4.79 Å². The van der Waals surface area contributed by atoms with Gasteiger partial charge in [0.1, 0.15) is 0 Å². The van der Waals surface area contributed by atoms with Crippen LogP contribution in [-0.4, -0.2) is 8.80 Å². The monoisotopic (exact) mass is 326 g/mol. The van der Waals surface area contributed by atoms with Crippen molar-refractivity contribution >= 4 is 32.8 Å². The minimum Gasteiger partial charge on any atom is -0.260 e. The summed E-state index contributed by atoms with van der Waals surface area (Å²) in [6, 6.07) is 14.8. The Bertz CT molecular complexity index is 1310. The van der Waals surface area contributed by atoms with Crippen LogP contribution in [0.3, 0.4) is 0 Å². The first-order valence-corrected chi connectivity index (χ1v) is 7.34. The molecule has 0 N–H and O–H groups in total. The molecular weight excluding hydrogens is 317 g/mol. The number of fused-ring (bicyclic) bond motifs is 7. The van der Waals surface area contributed by atoms with E-state index in [9.17, 15) is 18.0 Å². The van der Waals surface area contributed by atoms with Crippen LogP contribution in [-0.2, 0) is 6.18 Å². The third-order valence-corrected chi connectivity index (χ3v) is 4.49. The Hall–Kier alpha value is -3.02. The van der Waals surface area contributed by atoms with E-state index < -0.39 is 17.4 Å². The molecule has 0 atom stereocenters. The number of aromatic nitrogens is 2. The van der Waals surface area contributed by atoms with E-state index >= 15 is 0 Å². The van der Waals surface area contributed by atoms with E-state index in [0.29, 0.717) is 5.52 Å². The lowest BCUT2D eigenvalue weighted by Crippen LogP contribution is -2.13. The van der Waals surface area contributed by atoms with Gasteiger partial charge in [0, 0.05) is 10.8 Å². The van der Waals surface area contributed by atoms with Gasteiger partial charge in [-0.05, 0) is 18.2 Å². The average Bonchev–Trinajstić information content (AvgIpc) is 3.16. The minimum atomic E-state index is -4.55. The molecule has 0 spiro atoms. The standard InChI is InChI=1S/C18H9F3N2O/c19-18(20,21)15-11-6-2-4-8-13(11)23-16(15)14-9-10-5-1-3-7-12(10)22(14)17(23)24/h1-9H. The summed E-state index contributed by atoms with van der Waals surface area (Å²) in [5, 5.41) is 0.787. The number of alkyl halides is 3. The second kappa shape index (κ2) is 4.08. The summed E-state index contributed by atoms with van der Waals surface area (Å²) in [6.07, 6.45) is -4.55. The van der Waals surface area contributed by atoms with E-state index in [-0.39, 0.29) is 21.9 Å². The molecule has 0 saturated heterocycles. The van der Waals surface area contributed by atoms with E-state index in [2.05, 4.69) is 0 Å². The SMILES string of the molecule is O=c1n2c3ccccc3cc2c2c(C(F)(F)F)c3ccccc3n12. The summed E-state index contributed by atoms with van der Waals surface area (Å²) in [4.78, 5) is 12.9. The van der Waals surface area contributed by atoms with Crippen LogP contribution in [0.1, 0.15) is 5.56 Å². The molecule has 0 bridgehead atoms. The van der Waals surface area contributed by atoms with Crippen molar-refractivity contribution in [1.29, 1.82) is 0 Å². The van der Waals surface area contributed by atoms with Gasteiger partial charge >= 0.3 is 11.9 Å². The summed E-state index contributed by atoms with van der Waals surface area (Å²) in [7, 11) is 0. The molecule has 3 heterocycles. The van der Waals surface area contributed by atoms with Crippen molar-refractivity contribution in [3.05, 3.63) is 70.6 Å². The van der Waals surface area contributed by atoms with Crippen molar-refractivity contribution < 1.29 is 13.2 Å². The van der Waals surface area contributed by atoms with Crippen LogP contribution in [0.5, 0.6) is 0 Å². The van der Waals surface area contributed by atoms with E-state index in [1.54, 1.807) is 48.5 Å². The van der Waals surface area contributed by atoms with E-state index in [1.165, 1.54) is 14.9 Å². The van der Waals surface area contributed by atoms with E-state index in [1.807, 2.05) is 0 Å². The maximum atomic E-state index is 13.7. The lowest BCUT2D eigenvalue weighted by molar-refractivity contribution is -0.135. The van der Waals surface area contributed by atoms with Crippen LogP contribution >= 0.6 is 0 Å². The summed E-state index contributed by atoms with van der Waals surface area (Å²) in [6.45, 7) is 0. The maximum absolute atomic E-state index is 13.7. The number of imidazole rings is 1. The Balaban J connectivity index is 2.18. The van der Waals surface area contributed by atoms with Crippen molar-refractivity contribution in [3.8, 4) is 0 Å². The van der Waals surface area contributed by atoms with Gasteiger partial charge in [-0.15, -0.1) is 0 Å². The van der Waals surface area contributed by atoms with Crippen LogP contribution in [0.4, 0.5) is 13.2 Å². The van der Waals surface area contributed by atoms with Crippen molar-refractivity contribution in [1.82, 2.24) is 8.80 Å². The zero-order chi connectivity index (χ0) is 16.6. The highest BCUT2D eigenvalue weighted by atomic mass is 19.4. The third kappa shape index (κ3) is 1.45. The third-order valence-electron chi connectivity index (χ3n) is 4.49. The molecule has 0 aliphatic carbocycles. The Labute approximate surface area is 132 Å². The first-order chi connectivity index (χ1) is 11.5. The minimum absolute atomic E-state index is 0.0462. The smallest absolute Gasteiger partial charge is 0.260 e. The van der Waals surface area contributed by atoms with Gasteiger partial charge in [-0.1, -0.05) is 36.4 Å². The number of para-hydroxylation sites is 2. The number of nitrogens with zero attached hydrogens (tertiary/aromatic N) is 2. The highest BCUT2D eigenvalue weighted by Gasteiger charge is 2.38. The van der Waals surface area contributed by atoms with Gasteiger partial charge in [-0.3, -0.25) is 8.80 Å². The largest absolute Gasteiger partial charge is 0.419 e. The first kappa shape index (κ1) is 13.4. The molecule has 0 saturated carbocycles. The Morgan fingerprint density at radius 2 is 1.46 bits per heavy atom. The van der Waals surface area contributed by atoms with Gasteiger partial charge in [0.2, 0.25) is 0 Å². The van der Waals surface area contributed by atoms with Crippen molar-refractivity contribution in [2.24, 2.45) is 0 Å². The van der Waals surface area contributed by atoms with Crippen molar-refractivity contribution in [3.63, 3.8) is 0 Å². The molecule has 3 aromatic heterocycles. The Kier molecular flexibility index (Phi) is 2.28. The molecule has 5 aromatic rings. The Morgan fingerprint density at radius 1 is 0.792 bits per heavy atom. The average molecular weight is 326 g/mol. The highest BCUT2D eigenvalue weighted by Crippen LogP contribution is 2.41. The fraction of sp³-hybridized carbons (Fsp3) is 0.0556. The molecule has 0 aliphatic heterocycles. The summed E-state index contributed by atoms with van der Waals surface area (Å²) in [5.74, 6) is 0. The molecule has 2 aromatic carbocycles. The molecule has 24 heavy (non-hydrogen) atoms. The van der Waals surface area contributed by atoms with Crippen LogP contribution in [0.2, 0.25) is 0 Å². The van der Waals surface area contributed by atoms with Crippen LogP contribution in [0.25, 0.3) is 32.8 Å². The predicted molar refractivity (Wildman–Crippen MR) is 85.8 cm³/mol. The highest BCUT2D eigenvalue weighted by molar-refractivity contribution is 6.03. The van der Waals surface area contributed by atoms with Gasteiger partial charge in [0.05, 0.1) is 27.6 Å². The van der Waals surface area contributed by atoms with Gasteiger partial charge in [0.25, 0.3) is 0 Å². The number of halogens is 3. The lowest BCUT2D eigenvalue weighted by Gasteiger charge is -2.05. The molecule has 5 rings (SSSR count). The maximum Gasteiger partial charge on any atom is 0.419 e. The second-order valence-corrected chi connectivity index (χ2v) is 5.78. The first-order valence-electron chi connectivity index (χ1n) is 7.34. The predicted octanol–water partition coefficient (Wildman–Crippen LogP) is 4.32. The number of hydrogen-bond acceptors (Lipinski definition) is 1. The quantitative estimate of drug-likeness (QED) is 0.416. The van der Waals surface area contributed by atoms with Crippen molar-refractivity contribution in [2.75, 3.05) is 0 Å². The molecule has 0 amide bonds. The fourth-order valence-electron chi connectivity index (χ4n) is 3.60. The molecule has 3 nitrogen and oxygen atoms in total. The van der Waals surface area contributed by atoms with Gasteiger partial charge in [0.15, 0.2) is 0 Å². The van der Waals surface area contributed by atoms with E-state index in [0.717, 1.165) is 5.39 Å². The second-order valence-electron chi connectivity index (χ2n) is 5.78. The lowest BCUT2D eigenvalue weighted by atomic mass is 10.1. The van der Waals surface area contributed by atoms with Crippen LogP contribution in [0.15, 0.2) is 59.4 Å². The normalized spacial score (nSPS) is 13.0. The molecule has 0 aliphatic rings. The fourth-order valence-corrected chi connectivity index (χ4v) is 3.60. The Morgan fingerprint density at radius 3 is 2.21 bits per heavy atom. The summed E-state index contributed by atoms with van der Waals surface area (Å²) < 4.78 is 43.8. The zero-order valence-electron chi connectivity index (χ0n) is 12.1. The summed E-state index contributed by atoms with van der Waals surface area (Å²) in [5.41, 5.74) is -0.147. The molecular formula is C18H9F3N2O. The molecule has 118 valence electrons. The topological polar surface area (TPSA) is 25.9 Å². The number of rotatable bonds is 0. The van der Waals surface area contributed by atoms with Crippen molar-refractivity contribution in [2.45, 2.75) is 6.18 Å². The van der Waals surface area contributed by atoms with Crippen LogP contribution in [0, 0.1) is 0 Å². The van der Waals surface area contributed by atoms with E-state index in [4.69, 9.17) is 0 Å². The molecule has 6 heteroatoms. The van der Waals surface area contributed by atoms with Gasteiger partial charge < -0.3 is 0 Å². The number of benzene rings is 2. The molecule has 0 fully saturated rings. The summed E-state index contributed by atoms with van der Waals surface area (Å²) >= 11 is 0.